The number of hydrogen-bond acceptors (Lipinski definition) is 4. The Labute approximate surface area is 209 Å². The molecule has 0 unspecified atom stereocenters. The Morgan fingerprint density at radius 2 is 1.81 bits per heavy atom. The molecule has 6 nitrogen and oxygen atoms in total. The average Bonchev–Trinajstić information content (AvgIpc) is 3.53. The Kier molecular flexibility index (Phi) is 5.34. The molecule has 0 aliphatic carbocycles. The van der Waals surface area contributed by atoms with Crippen LogP contribution in [0.5, 0.6) is 0 Å². The molecule has 0 radical (unpaired) electrons. The summed E-state index contributed by atoms with van der Waals surface area (Å²) in [6, 6.07) is 22.8. The van der Waals surface area contributed by atoms with Gasteiger partial charge in [-0.3, -0.25) is 15.1 Å². The van der Waals surface area contributed by atoms with Crippen molar-refractivity contribution in [1.29, 1.82) is 0 Å². The van der Waals surface area contributed by atoms with Gasteiger partial charge < -0.3 is 10.3 Å². The zero-order valence-electron chi connectivity index (χ0n) is 20.2. The van der Waals surface area contributed by atoms with Gasteiger partial charge in [-0.2, -0.15) is 5.10 Å². The lowest BCUT2D eigenvalue weighted by Crippen LogP contribution is -2.04. The Hall–Kier alpha value is -4.71. The molecule has 4 heterocycles. The number of aromatic nitrogens is 5. The summed E-state index contributed by atoms with van der Waals surface area (Å²) in [6.45, 7) is 8.35. The number of H-pyrrole nitrogens is 2. The predicted octanol–water partition coefficient (Wildman–Crippen LogP) is 7.42. The first-order valence-corrected chi connectivity index (χ1v) is 12.0. The van der Waals surface area contributed by atoms with E-state index in [2.05, 4.69) is 99.4 Å². The van der Waals surface area contributed by atoms with Gasteiger partial charge in [0.05, 0.1) is 28.8 Å². The largest absolute Gasteiger partial charge is 0.358 e. The van der Waals surface area contributed by atoms with Crippen LogP contribution in [-0.4, -0.2) is 25.1 Å². The molecule has 0 atom stereocenters. The van der Waals surface area contributed by atoms with Gasteiger partial charge in [-0.1, -0.05) is 44.7 Å². The van der Waals surface area contributed by atoms with Crippen LogP contribution in [0.25, 0.3) is 55.6 Å². The third-order valence-corrected chi connectivity index (χ3v) is 6.50. The van der Waals surface area contributed by atoms with Gasteiger partial charge >= 0.3 is 0 Å². The van der Waals surface area contributed by atoms with Crippen molar-refractivity contribution in [3.63, 3.8) is 0 Å². The number of benzene rings is 2. The fraction of sp³-hybridized carbons (Fsp3) is 0.100. The molecule has 0 saturated heterocycles. The Morgan fingerprint density at radius 3 is 2.64 bits per heavy atom. The number of allylic oxidation sites excluding steroid dienone is 1. The highest BCUT2D eigenvalue weighted by molar-refractivity contribution is 6.01. The predicted molar refractivity (Wildman–Crippen MR) is 147 cm³/mol. The first-order chi connectivity index (χ1) is 17.6. The molecule has 6 aromatic rings. The summed E-state index contributed by atoms with van der Waals surface area (Å²) in [4.78, 5) is 12.6. The molecule has 36 heavy (non-hydrogen) atoms. The molecule has 0 bridgehead atoms. The minimum absolute atomic E-state index is 0.341. The van der Waals surface area contributed by atoms with Crippen LogP contribution in [0.15, 0.2) is 97.6 Å². The maximum atomic E-state index is 4.66. The smallest absolute Gasteiger partial charge is 0.116 e. The number of rotatable bonds is 6. The zero-order chi connectivity index (χ0) is 24.6. The van der Waals surface area contributed by atoms with Crippen molar-refractivity contribution in [3.8, 4) is 33.8 Å². The van der Waals surface area contributed by atoms with Crippen molar-refractivity contribution in [2.45, 2.75) is 13.8 Å². The monoisotopic (exact) mass is 470 g/mol. The molecule has 0 spiro atoms. The van der Waals surface area contributed by atoms with Crippen molar-refractivity contribution in [2.24, 2.45) is 5.92 Å². The van der Waals surface area contributed by atoms with Gasteiger partial charge in [-0.15, -0.1) is 0 Å². The van der Waals surface area contributed by atoms with Gasteiger partial charge in [0.25, 0.3) is 0 Å². The third-order valence-electron chi connectivity index (χ3n) is 6.50. The highest BCUT2D eigenvalue weighted by Gasteiger charge is 2.15. The van der Waals surface area contributed by atoms with Crippen LogP contribution in [0, 0.1) is 5.92 Å². The number of fused-ring (bicyclic) bond motifs is 2. The van der Waals surface area contributed by atoms with E-state index in [9.17, 15) is 0 Å². The lowest BCUT2D eigenvalue weighted by atomic mass is 10.0. The molecule has 176 valence electrons. The van der Waals surface area contributed by atoms with Gasteiger partial charge in [0.2, 0.25) is 0 Å². The van der Waals surface area contributed by atoms with Crippen LogP contribution in [0.1, 0.15) is 13.8 Å². The number of anilines is 1. The number of pyridine rings is 2. The highest BCUT2D eigenvalue weighted by Crippen LogP contribution is 2.35. The third kappa shape index (κ3) is 3.92. The van der Waals surface area contributed by atoms with E-state index in [1.165, 1.54) is 0 Å². The van der Waals surface area contributed by atoms with Crippen LogP contribution < -0.4 is 5.32 Å². The topological polar surface area (TPSA) is 82.3 Å². The summed E-state index contributed by atoms with van der Waals surface area (Å²) in [7, 11) is 0. The average molecular weight is 471 g/mol. The number of nitrogens with zero attached hydrogens (tertiary/aromatic N) is 3. The maximum absolute atomic E-state index is 4.66. The fourth-order valence-corrected chi connectivity index (χ4v) is 4.42. The summed E-state index contributed by atoms with van der Waals surface area (Å²) >= 11 is 0. The maximum Gasteiger partial charge on any atom is 0.116 e. The molecular formula is C30H26N6. The van der Waals surface area contributed by atoms with E-state index in [0.717, 1.165) is 67.0 Å². The van der Waals surface area contributed by atoms with Gasteiger partial charge in [0, 0.05) is 45.5 Å². The normalized spacial score (nSPS) is 11.4. The number of aromatic amines is 2. The summed E-state index contributed by atoms with van der Waals surface area (Å²) in [5.74, 6) is 0.341. The van der Waals surface area contributed by atoms with Gasteiger partial charge in [0.15, 0.2) is 0 Å². The molecule has 2 aromatic carbocycles. The summed E-state index contributed by atoms with van der Waals surface area (Å²) in [6.07, 6.45) is 5.53. The summed E-state index contributed by atoms with van der Waals surface area (Å²) in [5, 5.41) is 13.4. The second-order valence-corrected chi connectivity index (χ2v) is 9.26. The van der Waals surface area contributed by atoms with Gasteiger partial charge in [-0.05, 0) is 53.9 Å². The van der Waals surface area contributed by atoms with Gasteiger partial charge in [0.1, 0.15) is 5.69 Å². The van der Waals surface area contributed by atoms with E-state index in [4.69, 9.17) is 0 Å². The van der Waals surface area contributed by atoms with E-state index >= 15 is 0 Å². The minimum atomic E-state index is 0.341. The fourth-order valence-electron chi connectivity index (χ4n) is 4.42. The highest BCUT2D eigenvalue weighted by atomic mass is 15.1. The first kappa shape index (κ1) is 21.8. The van der Waals surface area contributed by atoms with Crippen LogP contribution in [0.2, 0.25) is 0 Å². The van der Waals surface area contributed by atoms with E-state index < -0.39 is 0 Å². The molecule has 0 amide bonds. The van der Waals surface area contributed by atoms with Crippen molar-refractivity contribution in [3.05, 3.63) is 97.6 Å². The SMILES string of the molecule is C=C(Nc1cncc(-c2ccc3[nH]nc(-c4cc5c(-c6ccccn6)cccc5[nH]4)c3c2)c1)C(C)C. The Morgan fingerprint density at radius 1 is 0.889 bits per heavy atom. The van der Waals surface area contributed by atoms with Crippen molar-refractivity contribution in [2.75, 3.05) is 5.32 Å². The number of hydrogen-bond donors (Lipinski definition) is 3. The second kappa shape index (κ2) is 8.82. The summed E-state index contributed by atoms with van der Waals surface area (Å²) in [5.41, 5.74) is 9.90. The zero-order valence-corrected chi connectivity index (χ0v) is 20.2. The van der Waals surface area contributed by atoms with Crippen LogP contribution in [0.3, 0.4) is 0 Å². The molecular weight excluding hydrogens is 444 g/mol. The minimum Gasteiger partial charge on any atom is -0.358 e. The molecule has 6 rings (SSSR count). The molecule has 0 aliphatic heterocycles. The molecule has 3 N–H and O–H groups in total. The van der Waals surface area contributed by atoms with E-state index in [0.29, 0.717) is 5.92 Å². The molecule has 4 aromatic heterocycles. The lowest BCUT2D eigenvalue weighted by Gasteiger charge is -2.13. The van der Waals surface area contributed by atoms with Crippen molar-refractivity contribution >= 4 is 27.5 Å². The van der Waals surface area contributed by atoms with Crippen LogP contribution >= 0.6 is 0 Å². The number of nitrogens with one attached hydrogen (secondary N) is 3. The first-order valence-electron chi connectivity index (χ1n) is 12.0. The molecule has 6 heteroatoms. The standard InChI is InChI=1S/C30H26N6/c1-18(2)19(3)33-22-13-21(16-31-17-22)20-10-11-28-25(14-20)30(36-35-28)29-15-24-23(7-6-9-27(24)34-29)26-8-4-5-12-32-26/h4-18,33-34H,3H2,1-2H3,(H,35,36). The molecule has 0 saturated carbocycles. The molecule has 0 aliphatic rings. The van der Waals surface area contributed by atoms with Crippen molar-refractivity contribution < 1.29 is 0 Å². The van der Waals surface area contributed by atoms with Crippen LogP contribution in [-0.2, 0) is 0 Å². The van der Waals surface area contributed by atoms with Crippen LogP contribution in [0.4, 0.5) is 5.69 Å². The lowest BCUT2D eigenvalue weighted by molar-refractivity contribution is 0.778. The Balaban J connectivity index is 1.41. The second-order valence-electron chi connectivity index (χ2n) is 9.26. The van der Waals surface area contributed by atoms with E-state index in [1.54, 1.807) is 0 Å². The summed E-state index contributed by atoms with van der Waals surface area (Å²) < 4.78 is 0. The quantitative estimate of drug-likeness (QED) is 0.237. The van der Waals surface area contributed by atoms with Gasteiger partial charge in [-0.25, -0.2) is 0 Å². The molecule has 0 fully saturated rings. The van der Waals surface area contributed by atoms with E-state index in [-0.39, 0.29) is 0 Å². The van der Waals surface area contributed by atoms with Crippen molar-refractivity contribution in [1.82, 2.24) is 25.1 Å². The van der Waals surface area contributed by atoms with E-state index in [1.807, 2.05) is 36.8 Å². The Bertz CT molecular complexity index is 1710.